The van der Waals surface area contributed by atoms with Crippen molar-refractivity contribution in [3.05, 3.63) is 62.7 Å². The van der Waals surface area contributed by atoms with E-state index in [9.17, 15) is 44.7 Å². The first-order chi connectivity index (χ1) is 19.3. The van der Waals surface area contributed by atoms with Gasteiger partial charge in [0.15, 0.2) is 5.78 Å². The Kier molecular flexibility index (Phi) is 6.38. The number of aromatic hydroxyl groups is 3. The topological polar surface area (TPSA) is 200 Å². The standard InChI is InChI=1S/C29H25NO11/c1-9-5-12-15(31)8-14-20(19(12)24(34)17(9)28(37)30-10(2)29(38)39)26(36)21-22(27(14)41-4)25(35)18-13(23(21)33)6-11(40-3)7-16(18)32/h5-7,10,15,31-32,34,36H,8H2,1-4H3,(H,30,37)(H,38,39). The number of amides is 1. The van der Waals surface area contributed by atoms with Gasteiger partial charge in [0, 0.05) is 34.7 Å². The van der Waals surface area contributed by atoms with Crippen LogP contribution in [0.25, 0.3) is 11.1 Å². The number of benzene rings is 3. The number of hydrogen-bond donors (Lipinski definition) is 6. The van der Waals surface area contributed by atoms with Gasteiger partial charge in [0.1, 0.15) is 34.8 Å². The number of aliphatic hydroxyl groups is 1. The molecule has 0 fully saturated rings. The zero-order valence-electron chi connectivity index (χ0n) is 22.3. The van der Waals surface area contributed by atoms with Crippen LogP contribution in [0.5, 0.6) is 28.7 Å². The molecule has 0 aromatic heterocycles. The van der Waals surface area contributed by atoms with Crippen LogP contribution in [0.2, 0.25) is 0 Å². The van der Waals surface area contributed by atoms with E-state index in [1.165, 1.54) is 40.2 Å². The fourth-order valence-electron chi connectivity index (χ4n) is 5.56. The molecule has 2 unspecified atom stereocenters. The largest absolute Gasteiger partial charge is 0.507 e. The molecule has 0 spiro atoms. The van der Waals surface area contributed by atoms with Crippen LogP contribution >= 0.6 is 0 Å². The Morgan fingerprint density at radius 3 is 2.22 bits per heavy atom. The van der Waals surface area contributed by atoms with Crippen molar-refractivity contribution in [1.82, 2.24) is 5.32 Å². The summed E-state index contributed by atoms with van der Waals surface area (Å²) in [5.74, 6) is -5.88. The lowest BCUT2D eigenvalue weighted by atomic mass is 9.74. The molecule has 2 aliphatic carbocycles. The molecular weight excluding hydrogens is 538 g/mol. The lowest BCUT2D eigenvalue weighted by Crippen LogP contribution is -2.38. The number of rotatable bonds is 5. The SMILES string of the molecule is COc1cc(O)c2c(c1)C(=O)c1c(O)c3c(c(OC)c1C2=O)CC(O)c1cc(C)c(C(=O)NC(C)C(=O)O)c(O)c1-3. The lowest BCUT2D eigenvalue weighted by molar-refractivity contribution is -0.138. The zero-order valence-corrected chi connectivity index (χ0v) is 22.3. The first-order valence-corrected chi connectivity index (χ1v) is 12.4. The number of carbonyl (C=O) groups is 4. The fraction of sp³-hybridized carbons (Fsp3) is 0.241. The Morgan fingerprint density at radius 1 is 0.927 bits per heavy atom. The molecule has 0 bridgehead atoms. The molecule has 0 heterocycles. The van der Waals surface area contributed by atoms with Gasteiger partial charge >= 0.3 is 5.97 Å². The summed E-state index contributed by atoms with van der Waals surface area (Å²) in [6.07, 6.45) is -1.49. The molecule has 0 aliphatic heterocycles. The fourth-order valence-corrected chi connectivity index (χ4v) is 5.56. The van der Waals surface area contributed by atoms with E-state index < -0.39 is 58.4 Å². The number of aliphatic hydroxyl groups excluding tert-OH is 1. The van der Waals surface area contributed by atoms with Crippen molar-refractivity contribution in [2.75, 3.05) is 14.2 Å². The number of nitrogens with one attached hydrogen (secondary N) is 1. The molecule has 5 rings (SSSR count). The average molecular weight is 564 g/mol. The van der Waals surface area contributed by atoms with E-state index in [1.807, 2.05) is 0 Å². The van der Waals surface area contributed by atoms with E-state index >= 15 is 0 Å². The number of ether oxygens (including phenoxy) is 2. The van der Waals surface area contributed by atoms with Crippen molar-refractivity contribution in [2.24, 2.45) is 0 Å². The molecule has 1 amide bonds. The minimum absolute atomic E-state index is 0.0748. The summed E-state index contributed by atoms with van der Waals surface area (Å²) >= 11 is 0. The van der Waals surface area contributed by atoms with Gasteiger partial charge in [-0.2, -0.15) is 0 Å². The normalized spacial score (nSPS) is 15.7. The van der Waals surface area contributed by atoms with E-state index in [2.05, 4.69) is 5.32 Å². The summed E-state index contributed by atoms with van der Waals surface area (Å²) < 4.78 is 10.7. The molecule has 2 atom stereocenters. The Balaban J connectivity index is 1.83. The smallest absolute Gasteiger partial charge is 0.325 e. The van der Waals surface area contributed by atoms with Gasteiger partial charge in [0.25, 0.3) is 5.91 Å². The van der Waals surface area contributed by atoms with E-state index in [1.54, 1.807) is 0 Å². The van der Waals surface area contributed by atoms with Crippen molar-refractivity contribution in [3.8, 4) is 39.9 Å². The second-order valence-corrected chi connectivity index (χ2v) is 9.85. The molecule has 212 valence electrons. The molecule has 12 nitrogen and oxygen atoms in total. The van der Waals surface area contributed by atoms with Crippen LogP contribution in [-0.2, 0) is 11.2 Å². The summed E-state index contributed by atoms with van der Waals surface area (Å²) in [6, 6.07) is 2.53. The number of aryl methyl sites for hydroxylation is 1. The summed E-state index contributed by atoms with van der Waals surface area (Å²) in [7, 11) is 2.52. The molecule has 3 aromatic carbocycles. The number of phenolic OH excluding ortho intramolecular Hbond substituents is 3. The van der Waals surface area contributed by atoms with Crippen LogP contribution in [0.3, 0.4) is 0 Å². The number of methoxy groups -OCH3 is 2. The summed E-state index contributed by atoms with van der Waals surface area (Å²) in [5, 5.41) is 56.1. The second-order valence-electron chi connectivity index (χ2n) is 9.85. The maximum atomic E-state index is 13.8. The highest BCUT2D eigenvalue weighted by molar-refractivity contribution is 6.32. The number of carbonyl (C=O) groups excluding carboxylic acids is 3. The first-order valence-electron chi connectivity index (χ1n) is 12.4. The Labute approximate surface area is 232 Å². The van der Waals surface area contributed by atoms with Gasteiger partial charge in [-0.05, 0) is 31.0 Å². The van der Waals surface area contributed by atoms with Crippen LogP contribution in [0.15, 0.2) is 18.2 Å². The van der Waals surface area contributed by atoms with Crippen molar-refractivity contribution in [3.63, 3.8) is 0 Å². The van der Waals surface area contributed by atoms with Crippen molar-refractivity contribution < 1.29 is 54.2 Å². The van der Waals surface area contributed by atoms with Gasteiger partial charge < -0.3 is 40.3 Å². The van der Waals surface area contributed by atoms with Crippen molar-refractivity contribution in [1.29, 1.82) is 0 Å². The lowest BCUT2D eigenvalue weighted by Gasteiger charge is -2.32. The number of carboxylic acid groups (broad SMARTS) is 1. The Morgan fingerprint density at radius 2 is 1.61 bits per heavy atom. The third kappa shape index (κ3) is 3.86. The van der Waals surface area contributed by atoms with Crippen LogP contribution in [0.1, 0.15) is 71.9 Å². The molecule has 12 heteroatoms. The number of carboxylic acids is 1. The summed E-state index contributed by atoms with van der Waals surface area (Å²) in [4.78, 5) is 51.8. The zero-order chi connectivity index (χ0) is 30.1. The van der Waals surface area contributed by atoms with Crippen LogP contribution in [0.4, 0.5) is 0 Å². The predicted molar refractivity (Wildman–Crippen MR) is 141 cm³/mol. The highest BCUT2D eigenvalue weighted by Crippen LogP contribution is 2.56. The predicted octanol–water partition coefficient (Wildman–Crippen LogP) is 2.36. The van der Waals surface area contributed by atoms with Crippen molar-refractivity contribution in [2.45, 2.75) is 32.4 Å². The second kappa shape index (κ2) is 9.52. The molecule has 0 saturated carbocycles. The maximum Gasteiger partial charge on any atom is 0.325 e. The number of phenols is 3. The van der Waals surface area contributed by atoms with Gasteiger partial charge in [-0.25, -0.2) is 0 Å². The Bertz CT molecular complexity index is 1720. The molecular formula is C29H25NO11. The van der Waals surface area contributed by atoms with Gasteiger partial charge in [-0.1, -0.05) is 6.07 Å². The van der Waals surface area contributed by atoms with E-state index in [4.69, 9.17) is 9.47 Å². The van der Waals surface area contributed by atoms with Crippen LogP contribution in [-0.4, -0.2) is 69.2 Å². The molecule has 2 aliphatic rings. The summed E-state index contributed by atoms with van der Waals surface area (Å²) in [6.45, 7) is 2.72. The van der Waals surface area contributed by atoms with Crippen LogP contribution in [0, 0.1) is 6.92 Å². The molecule has 3 aromatic rings. The molecule has 0 saturated heterocycles. The third-order valence-electron chi connectivity index (χ3n) is 7.46. The van der Waals surface area contributed by atoms with E-state index in [0.29, 0.717) is 0 Å². The van der Waals surface area contributed by atoms with Gasteiger partial charge in [-0.15, -0.1) is 0 Å². The number of ketones is 2. The van der Waals surface area contributed by atoms with Crippen molar-refractivity contribution >= 4 is 23.4 Å². The summed E-state index contributed by atoms with van der Waals surface area (Å²) in [5.41, 5.74) is -1.57. The minimum atomic E-state index is -1.31. The number of aliphatic carboxylic acids is 1. The number of hydrogen-bond acceptors (Lipinski definition) is 10. The van der Waals surface area contributed by atoms with E-state index in [0.717, 1.165) is 6.07 Å². The van der Waals surface area contributed by atoms with Gasteiger partial charge in [0.2, 0.25) is 5.78 Å². The maximum absolute atomic E-state index is 13.8. The van der Waals surface area contributed by atoms with Crippen LogP contribution < -0.4 is 14.8 Å². The van der Waals surface area contributed by atoms with Gasteiger partial charge in [0.05, 0.1) is 42.6 Å². The first kappa shape index (κ1) is 27.5. The highest BCUT2D eigenvalue weighted by Gasteiger charge is 2.43. The average Bonchev–Trinajstić information content (AvgIpc) is 2.91. The van der Waals surface area contributed by atoms with Gasteiger partial charge in [-0.3, -0.25) is 19.2 Å². The monoisotopic (exact) mass is 563 g/mol. The Hall–Kier alpha value is -5.10. The third-order valence-corrected chi connectivity index (χ3v) is 7.46. The highest BCUT2D eigenvalue weighted by atomic mass is 16.5. The molecule has 6 N–H and O–H groups in total. The molecule has 0 radical (unpaired) electrons. The number of fused-ring (bicyclic) bond motifs is 5. The molecule has 41 heavy (non-hydrogen) atoms. The quantitative estimate of drug-likeness (QED) is 0.208. The van der Waals surface area contributed by atoms with E-state index in [-0.39, 0.29) is 68.0 Å². The minimum Gasteiger partial charge on any atom is -0.507 e.